The first-order chi connectivity index (χ1) is 20.6. The largest absolute Gasteiger partial charge is 0.355 e. The van der Waals surface area contributed by atoms with Crippen LogP contribution in [0.25, 0.3) is 54.9 Å². The molecule has 1 nitrogen and oxygen atoms in total. The number of hydrogen-bond acceptors (Lipinski definition) is 1. The SMILES string of the molecule is CC1(C)c2ccccc2-c2ccc(-c3cc(Nc4ccc(-c5ccccc5)cc4)cc4c3ccc3ccccc34)cc21. The van der Waals surface area contributed by atoms with Crippen LogP contribution in [0.1, 0.15) is 25.0 Å². The van der Waals surface area contributed by atoms with E-state index < -0.39 is 0 Å². The molecule has 7 aromatic rings. The van der Waals surface area contributed by atoms with Crippen molar-refractivity contribution in [1.29, 1.82) is 0 Å². The lowest BCUT2D eigenvalue weighted by Gasteiger charge is -2.22. The van der Waals surface area contributed by atoms with Gasteiger partial charge in [0.05, 0.1) is 0 Å². The second-order valence-electron chi connectivity index (χ2n) is 11.9. The van der Waals surface area contributed by atoms with Crippen molar-refractivity contribution in [1.82, 2.24) is 0 Å². The number of anilines is 2. The minimum absolute atomic E-state index is 0.0409. The average Bonchev–Trinajstić information content (AvgIpc) is 3.27. The third kappa shape index (κ3) is 3.93. The molecule has 0 heterocycles. The van der Waals surface area contributed by atoms with E-state index in [1.54, 1.807) is 0 Å². The molecule has 1 aliphatic rings. The average molecular weight is 538 g/mol. The van der Waals surface area contributed by atoms with E-state index in [2.05, 4.69) is 165 Å². The van der Waals surface area contributed by atoms with Crippen LogP contribution < -0.4 is 5.32 Å². The maximum Gasteiger partial charge on any atom is 0.0397 e. The van der Waals surface area contributed by atoms with Gasteiger partial charge in [-0.3, -0.25) is 0 Å². The fourth-order valence-corrected chi connectivity index (χ4v) is 6.84. The maximum atomic E-state index is 3.73. The van der Waals surface area contributed by atoms with Crippen molar-refractivity contribution in [2.75, 3.05) is 5.32 Å². The van der Waals surface area contributed by atoms with Gasteiger partial charge in [0.2, 0.25) is 0 Å². The highest BCUT2D eigenvalue weighted by molar-refractivity contribution is 6.13. The van der Waals surface area contributed by atoms with Crippen LogP contribution in [-0.4, -0.2) is 0 Å². The number of benzene rings is 7. The normalized spacial score (nSPS) is 13.2. The van der Waals surface area contributed by atoms with Gasteiger partial charge in [-0.25, -0.2) is 0 Å². The van der Waals surface area contributed by atoms with Gasteiger partial charge in [-0.15, -0.1) is 0 Å². The fraction of sp³-hybridized carbons (Fsp3) is 0.0732. The zero-order valence-electron chi connectivity index (χ0n) is 23.9. The quantitative estimate of drug-likeness (QED) is 0.220. The van der Waals surface area contributed by atoms with E-state index in [9.17, 15) is 0 Å². The van der Waals surface area contributed by atoms with Gasteiger partial charge in [-0.05, 0) is 96.4 Å². The third-order valence-electron chi connectivity index (χ3n) is 9.04. The van der Waals surface area contributed by atoms with Crippen LogP contribution in [0.5, 0.6) is 0 Å². The lowest BCUT2D eigenvalue weighted by molar-refractivity contribution is 0.660. The minimum Gasteiger partial charge on any atom is -0.355 e. The molecule has 0 saturated heterocycles. The van der Waals surface area contributed by atoms with Crippen molar-refractivity contribution in [3.8, 4) is 33.4 Å². The molecule has 8 rings (SSSR count). The molecule has 0 bridgehead atoms. The molecule has 0 atom stereocenters. The van der Waals surface area contributed by atoms with Crippen molar-refractivity contribution >= 4 is 32.9 Å². The van der Waals surface area contributed by atoms with E-state index in [0.717, 1.165) is 11.4 Å². The second-order valence-corrected chi connectivity index (χ2v) is 11.9. The van der Waals surface area contributed by atoms with Gasteiger partial charge < -0.3 is 5.32 Å². The summed E-state index contributed by atoms with van der Waals surface area (Å²) in [5.41, 5.74) is 12.6. The molecule has 1 aliphatic carbocycles. The predicted octanol–water partition coefficient (Wildman–Crippen LogP) is 11.4. The zero-order valence-corrected chi connectivity index (χ0v) is 23.9. The van der Waals surface area contributed by atoms with Gasteiger partial charge in [0.15, 0.2) is 0 Å². The molecule has 42 heavy (non-hydrogen) atoms. The first kappa shape index (κ1) is 24.6. The fourth-order valence-electron chi connectivity index (χ4n) is 6.84. The summed E-state index contributed by atoms with van der Waals surface area (Å²) in [6.45, 7) is 4.70. The smallest absolute Gasteiger partial charge is 0.0397 e. The molecule has 0 spiro atoms. The van der Waals surface area contributed by atoms with E-state index in [4.69, 9.17) is 0 Å². The molecule has 1 heteroatoms. The van der Waals surface area contributed by atoms with Gasteiger partial charge in [0.1, 0.15) is 0 Å². The van der Waals surface area contributed by atoms with Crippen molar-refractivity contribution < 1.29 is 0 Å². The van der Waals surface area contributed by atoms with Crippen LogP contribution in [0, 0.1) is 0 Å². The highest BCUT2D eigenvalue weighted by atomic mass is 14.9. The van der Waals surface area contributed by atoms with Crippen LogP contribution in [0.3, 0.4) is 0 Å². The molecule has 1 N–H and O–H groups in total. The van der Waals surface area contributed by atoms with E-state index >= 15 is 0 Å². The van der Waals surface area contributed by atoms with Crippen LogP contribution in [0.2, 0.25) is 0 Å². The zero-order chi connectivity index (χ0) is 28.3. The summed E-state index contributed by atoms with van der Waals surface area (Å²) < 4.78 is 0. The Morgan fingerprint density at radius 2 is 1.10 bits per heavy atom. The van der Waals surface area contributed by atoms with Crippen LogP contribution in [-0.2, 0) is 5.41 Å². The Morgan fingerprint density at radius 1 is 0.405 bits per heavy atom. The second kappa shape index (κ2) is 9.46. The van der Waals surface area contributed by atoms with Crippen molar-refractivity contribution in [2.45, 2.75) is 19.3 Å². The topological polar surface area (TPSA) is 12.0 Å². The first-order valence-corrected chi connectivity index (χ1v) is 14.7. The Morgan fingerprint density at radius 3 is 1.95 bits per heavy atom. The molecular weight excluding hydrogens is 506 g/mol. The summed E-state index contributed by atoms with van der Waals surface area (Å²) in [5, 5.41) is 8.79. The number of nitrogens with one attached hydrogen (secondary N) is 1. The van der Waals surface area contributed by atoms with Crippen molar-refractivity contribution in [3.63, 3.8) is 0 Å². The third-order valence-corrected chi connectivity index (χ3v) is 9.04. The van der Waals surface area contributed by atoms with E-state index in [-0.39, 0.29) is 5.41 Å². The molecular formula is C41H31N. The predicted molar refractivity (Wildman–Crippen MR) is 180 cm³/mol. The maximum absolute atomic E-state index is 3.73. The molecule has 0 aromatic heterocycles. The summed E-state index contributed by atoms with van der Waals surface area (Å²) in [4.78, 5) is 0. The molecule has 200 valence electrons. The molecule has 0 amide bonds. The summed E-state index contributed by atoms with van der Waals surface area (Å²) >= 11 is 0. The molecule has 0 unspecified atom stereocenters. The number of fused-ring (bicyclic) bond motifs is 6. The van der Waals surface area contributed by atoms with Gasteiger partial charge in [0, 0.05) is 16.8 Å². The van der Waals surface area contributed by atoms with E-state index in [0.29, 0.717) is 0 Å². The van der Waals surface area contributed by atoms with Crippen molar-refractivity contribution in [2.24, 2.45) is 0 Å². The number of rotatable bonds is 4. The van der Waals surface area contributed by atoms with Gasteiger partial charge >= 0.3 is 0 Å². The standard InChI is InChI=1S/C41H31N/c1-41(2)39-15-9-8-14-35(39)36-23-19-30(24-40(36)41)37-25-32(26-38-33-13-7-6-12-29(33)18-22-34(37)38)42-31-20-16-28(17-21-31)27-10-4-3-5-11-27/h3-26,42H,1-2H3. The molecule has 0 saturated carbocycles. The Kier molecular flexibility index (Phi) is 5.55. The summed E-state index contributed by atoms with van der Waals surface area (Å²) in [5.74, 6) is 0. The van der Waals surface area contributed by atoms with Crippen molar-refractivity contribution in [3.05, 3.63) is 157 Å². The van der Waals surface area contributed by atoms with Gasteiger partial charge in [-0.2, -0.15) is 0 Å². The Hall–Kier alpha value is -5.14. The highest BCUT2D eigenvalue weighted by Crippen LogP contribution is 2.50. The number of hydrogen-bond donors (Lipinski definition) is 1. The molecule has 7 aromatic carbocycles. The van der Waals surface area contributed by atoms with Crippen LogP contribution in [0.15, 0.2) is 146 Å². The van der Waals surface area contributed by atoms with Crippen LogP contribution >= 0.6 is 0 Å². The lowest BCUT2D eigenvalue weighted by Crippen LogP contribution is -2.14. The summed E-state index contributed by atoms with van der Waals surface area (Å²) in [7, 11) is 0. The molecule has 0 aliphatic heterocycles. The Labute approximate surface area is 247 Å². The van der Waals surface area contributed by atoms with E-state index in [1.807, 2.05) is 0 Å². The van der Waals surface area contributed by atoms with E-state index in [1.165, 1.54) is 66.1 Å². The first-order valence-electron chi connectivity index (χ1n) is 14.7. The highest BCUT2D eigenvalue weighted by Gasteiger charge is 2.35. The summed E-state index contributed by atoms with van der Waals surface area (Å²) in [6, 6.07) is 53.0. The molecule has 0 fully saturated rings. The Balaban J connectivity index is 1.27. The summed E-state index contributed by atoms with van der Waals surface area (Å²) in [6.07, 6.45) is 0. The Bertz CT molecular complexity index is 2120. The van der Waals surface area contributed by atoms with Crippen LogP contribution in [0.4, 0.5) is 11.4 Å². The van der Waals surface area contributed by atoms with Gasteiger partial charge in [0.25, 0.3) is 0 Å². The lowest BCUT2D eigenvalue weighted by atomic mass is 9.81. The monoisotopic (exact) mass is 537 g/mol. The van der Waals surface area contributed by atoms with Gasteiger partial charge in [-0.1, -0.05) is 129 Å². The molecule has 0 radical (unpaired) electrons. The minimum atomic E-state index is -0.0409.